The van der Waals surface area contributed by atoms with Crippen LogP contribution in [-0.2, 0) is 16.0 Å². The van der Waals surface area contributed by atoms with Crippen LogP contribution in [0, 0.1) is 5.92 Å². The minimum atomic E-state index is -0.991. The number of carbonyl (C=O) groups excluding carboxylic acids is 2. The smallest absolute Gasteiger partial charge is 0.309 e. The number of aliphatic carboxylic acids is 1. The highest BCUT2D eigenvalue weighted by Crippen LogP contribution is 2.17. The lowest BCUT2D eigenvalue weighted by atomic mass is 10.1. The van der Waals surface area contributed by atoms with Crippen molar-refractivity contribution in [3.63, 3.8) is 0 Å². The highest BCUT2D eigenvalue weighted by molar-refractivity contribution is 7.13. The van der Waals surface area contributed by atoms with Gasteiger partial charge in [0.2, 0.25) is 5.91 Å². The largest absolute Gasteiger partial charge is 0.481 e. The number of carboxylic acids is 1. The van der Waals surface area contributed by atoms with Gasteiger partial charge < -0.3 is 15.3 Å². The van der Waals surface area contributed by atoms with Crippen molar-refractivity contribution >= 4 is 45.9 Å². The Hall–Kier alpha value is -2.45. The van der Waals surface area contributed by atoms with E-state index in [-0.39, 0.29) is 24.8 Å². The number of hydrogen-bond donors (Lipinski definition) is 2. The monoisotopic (exact) mass is 409 g/mol. The maximum Gasteiger partial charge on any atom is 0.309 e. The molecule has 1 heterocycles. The van der Waals surface area contributed by atoms with Crippen molar-refractivity contribution in [1.29, 1.82) is 0 Å². The number of hydrogen-bond acceptors (Lipinski definition) is 5. The van der Waals surface area contributed by atoms with Crippen molar-refractivity contribution < 1.29 is 19.5 Å². The summed E-state index contributed by atoms with van der Waals surface area (Å²) in [4.78, 5) is 41.3. The van der Waals surface area contributed by atoms with Crippen molar-refractivity contribution in [3.05, 3.63) is 45.9 Å². The summed E-state index contributed by atoms with van der Waals surface area (Å²) in [5, 5.41) is 13.8. The Morgan fingerprint density at radius 3 is 2.52 bits per heavy atom. The standard InChI is InChI=1S/C18H20ClN3O4S/c1-11(2)8-22(17(26)12-3-5-13(19)6-4-12)9-15(23)21-18-20-14(10-27-18)7-16(24)25/h3-6,10-11H,7-9H2,1-2H3,(H,24,25)(H,20,21,23). The molecule has 144 valence electrons. The van der Waals surface area contributed by atoms with E-state index >= 15 is 0 Å². The number of nitrogens with zero attached hydrogens (tertiary/aromatic N) is 2. The second-order valence-corrected chi connectivity index (χ2v) is 7.64. The number of benzene rings is 1. The van der Waals surface area contributed by atoms with Crippen LogP contribution in [0.25, 0.3) is 0 Å². The molecule has 27 heavy (non-hydrogen) atoms. The molecule has 1 aromatic heterocycles. The molecule has 0 fully saturated rings. The Kier molecular flexibility index (Phi) is 7.32. The molecule has 0 saturated carbocycles. The highest BCUT2D eigenvalue weighted by Gasteiger charge is 2.20. The molecule has 0 unspecified atom stereocenters. The highest BCUT2D eigenvalue weighted by atomic mass is 35.5. The first-order valence-corrected chi connectivity index (χ1v) is 9.51. The first-order chi connectivity index (χ1) is 12.7. The van der Waals surface area contributed by atoms with Gasteiger partial charge in [0.05, 0.1) is 12.1 Å². The van der Waals surface area contributed by atoms with Crippen molar-refractivity contribution in [3.8, 4) is 0 Å². The zero-order valence-corrected chi connectivity index (χ0v) is 16.5. The zero-order valence-electron chi connectivity index (χ0n) is 14.9. The summed E-state index contributed by atoms with van der Waals surface area (Å²) in [6, 6.07) is 6.49. The summed E-state index contributed by atoms with van der Waals surface area (Å²) >= 11 is 7.00. The Morgan fingerprint density at radius 1 is 1.26 bits per heavy atom. The van der Waals surface area contributed by atoms with E-state index in [9.17, 15) is 14.4 Å². The van der Waals surface area contributed by atoms with Crippen LogP contribution in [0.1, 0.15) is 29.9 Å². The molecule has 7 nitrogen and oxygen atoms in total. The summed E-state index contributed by atoms with van der Waals surface area (Å²) in [5.74, 6) is -1.47. The van der Waals surface area contributed by atoms with Gasteiger partial charge >= 0.3 is 5.97 Å². The van der Waals surface area contributed by atoms with E-state index < -0.39 is 11.9 Å². The number of anilines is 1. The van der Waals surface area contributed by atoms with Gasteiger partial charge in [-0.3, -0.25) is 14.4 Å². The zero-order chi connectivity index (χ0) is 20.0. The fourth-order valence-corrected chi connectivity index (χ4v) is 3.22. The van der Waals surface area contributed by atoms with Crippen LogP contribution in [-0.4, -0.2) is 45.9 Å². The number of rotatable bonds is 8. The molecule has 0 aliphatic rings. The molecule has 2 N–H and O–H groups in total. The summed E-state index contributed by atoms with van der Waals surface area (Å²) in [6.07, 6.45) is -0.207. The number of carboxylic acid groups (broad SMARTS) is 1. The van der Waals surface area contributed by atoms with E-state index in [2.05, 4.69) is 10.3 Å². The van der Waals surface area contributed by atoms with Gasteiger partial charge in [0.25, 0.3) is 5.91 Å². The number of thiazole rings is 1. The Morgan fingerprint density at radius 2 is 1.93 bits per heavy atom. The number of aromatic nitrogens is 1. The van der Waals surface area contributed by atoms with E-state index in [0.29, 0.717) is 28.0 Å². The van der Waals surface area contributed by atoms with Crippen LogP contribution in [0.15, 0.2) is 29.6 Å². The van der Waals surface area contributed by atoms with Gasteiger partial charge in [-0.15, -0.1) is 11.3 Å². The van der Waals surface area contributed by atoms with Crippen LogP contribution < -0.4 is 5.32 Å². The molecule has 1 aromatic carbocycles. The Balaban J connectivity index is 2.05. The Labute approximate surface area is 166 Å². The molecule has 2 amide bonds. The van der Waals surface area contributed by atoms with Gasteiger partial charge in [-0.25, -0.2) is 4.98 Å². The van der Waals surface area contributed by atoms with Crippen LogP contribution >= 0.6 is 22.9 Å². The summed E-state index contributed by atoms with van der Waals surface area (Å²) in [6.45, 7) is 4.20. The average Bonchev–Trinajstić information content (AvgIpc) is 2.99. The topological polar surface area (TPSA) is 99.6 Å². The van der Waals surface area contributed by atoms with Gasteiger partial charge in [-0.1, -0.05) is 25.4 Å². The van der Waals surface area contributed by atoms with Gasteiger partial charge in [0.1, 0.15) is 6.54 Å². The molecule has 0 aliphatic heterocycles. The van der Waals surface area contributed by atoms with Crippen LogP contribution in [0.4, 0.5) is 5.13 Å². The van der Waals surface area contributed by atoms with Crippen molar-refractivity contribution in [2.24, 2.45) is 5.92 Å². The van der Waals surface area contributed by atoms with E-state index in [0.717, 1.165) is 11.3 Å². The summed E-state index contributed by atoms with van der Waals surface area (Å²) < 4.78 is 0. The molecular formula is C18H20ClN3O4S. The maximum atomic E-state index is 12.7. The number of halogens is 1. The lowest BCUT2D eigenvalue weighted by Gasteiger charge is -2.24. The lowest BCUT2D eigenvalue weighted by Crippen LogP contribution is -2.40. The third-order valence-electron chi connectivity index (χ3n) is 3.43. The summed E-state index contributed by atoms with van der Waals surface area (Å²) in [7, 11) is 0. The second-order valence-electron chi connectivity index (χ2n) is 6.35. The molecule has 0 atom stereocenters. The van der Waals surface area contributed by atoms with Crippen molar-refractivity contribution in [2.75, 3.05) is 18.4 Å². The Bertz CT molecular complexity index is 820. The predicted molar refractivity (Wildman–Crippen MR) is 104 cm³/mol. The summed E-state index contributed by atoms with van der Waals surface area (Å²) in [5.41, 5.74) is 0.824. The third kappa shape index (κ3) is 6.65. The number of nitrogens with one attached hydrogen (secondary N) is 1. The molecule has 2 rings (SSSR count). The van der Waals surface area contributed by atoms with E-state index in [1.807, 2.05) is 13.8 Å². The molecular weight excluding hydrogens is 390 g/mol. The molecule has 9 heteroatoms. The van der Waals surface area contributed by atoms with Gasteiger partial charge in [-0.05, 0) is 30.2 Å². The van der Waals surface area contributed by atoms with Gasteiger partial charge in [0, 0.05) is 22.5 Å². The van der Waals surface area contributed by atoms with E-state index in [1.165, 1.54) is 4.90 Å². The molecule has 2 aromatic rings. The average molecular weight is 410 g/mol. The fourth-order valence-electron chi connectivity index (χ4n) is 2.37. The van der Waals surface area contributed by atoms with Gasteiger partial charge in [0.15, 0.2) is 5.13 Å². The normalized spacial score (nSPS) is 10.7. The van der Waals surface area contributed by atoms with Crippen molar-refractivity contribution in [1.82, 2.24) is 9.88 Å². The molecule has 0 spiro atoms. The molecule has 0 radical (unpaired) electrons. The predicted octanol–water partition coefficient (Wildman–Crippen LogP) is 3.16. The first-order valence-electron chi connectivity index (χ1n) is 8.25. The van der Waals surface area contributed by atoms with E-state index in [4.69, 9.17) is 16.7 Å². The maximum absolute atomic E-state index is 12.7. The second kappa shape index (κ2) is 9.48. The number of amides is 2. The number of carbonyl (C=O) groups is 3. The quantitative estimate of drug-likeness (QED) is 0.697. The van der Waals surface area contributed by atoms with Crippen LogP contribution in [0.3, 0.4) is 0 Å². The van der Waals surface area contributed by atoms with Crippen LogP contribution in [0.2, 0.25) is 5.02 Å². The molecule has 0 bridgehead atoms. The molecule has 0 aliphatic carbocycles. The first kappa shape index (κ1) is 20.9. The third-order valence-corrected chi connectivity index (χ3v) is 4.49. The van der Waals surface area contributed by atoms with Crippen LogP contribution in [0.5, 0.6) is 0 Å². The minimum absolute atomic E-state index is 0.131. The minimum Gasteiger partial charge on any atom is -0.481 e. The van der Waals surface area contributed by atoms with Crippen molar-refractivity contribution in [2.45, 2.75) is 20.3 Å². The van der Waals surface area contributed by atoms with Gasteiger partial charge in [-0.2, -0.15) is 0 Å². The molecule has 0 saturated heterocycles. The van der Waals surface area contributed by atoms with E-state index in [1.54, 1.807) is 29.6 Å². The SMILES string of the molecule is CC(C)CN(CC(=O)Nc1nc(CC(=O)O)cs1)C(=O)c1ccc(Cl)cc1. The fraction of sp³-hybridized carbons (Fsp3) is 0.333. The lowest BCUT2D eigenvalue weighted by molar-refractivity contribution is -0.136.